The Kier molecular flexibility index (Phi) is 12.9. The summed E-state index contributed by atoms with van der Waals surface area (Å²) in [5.74, 6) is -1.04. The van der Waals surface area contributed by atoms with Crippen LogP contribution in [-0.2, 0) is 26.2 Å². The number of amides is 2. The predicted octanol–water partition coefficient (Wildman–Crippen LogP) is 5.87. The van der Waals surface area contributed by atoms with Crippen molar-refractivity contribution < 1.29 is 27.1 Å². The van der Waals surface area contributed by atoms with Crippen LogP contribution in [0.4, 0.5) is 10.1 Å². The van der Waals surface area contributed by atoms with Gasteiger partial charge in [0.2, 0.25) is 11.8 Å². The fourth-order valence-electron chi connectivity index (χ4n) is 4.54. The number of carbonyl (C=O) groups is 2. The van der Waals surface area contributed by atoms with E-state index in [0.29, 0.717) is 24.3 Å². The fourth-order valence-corrected chi connectivity index (χ4v) is 6.37. The second-order valence-corrected chi connectivity index (χ2v) is 12.5. The lowest BCUT2D eigenvalue weighted by Gasteiger charge is -2.33. The van der Waals surface area contributed by atoms with Crippen LogP contribution in [0.1, 0.15) is 45.6 Å². The molecule has 232 valence electrons. The Morgan fingerprint density at radius 3 is 2.26 bits per heavy atom. The molecule has 3 aromatic carbocycles. The van der Waals surface area contributed by atoms with Gasteiger partial charge in [0.25, 0.3) is 10.0 Å². The van der Waals surface area contributed by atoms with Crippen LogP contribution in [0.3, 0.4) is 0 Å². The first-order valence-electron chi connectivity index (χ1n) is 14.4. The molecule has 8 nitrogen and oxygen atoms in total. The number of para-hydroxylation sites is 2. The summed E-state index contributed by atoms with van der Waals surface area (Å²) in [6.45, 7) is 5.74. The number of thioether (sulfide) groups is 1. The van der Waals surface area contributed by atoms with Crippen molar-refractivity contribution in [1.29, 1.82) is 0 Å². The van der Waals surface area contributed by atoms with Gasteiger partial charge in [-0.25, -0.2) is 12.8 Å². The molecular weight excluding hydrogens is 590 g/mol. The summed E-state index contributed by atoms with van der Waals surface area (Å²) in [7, 11) is -4.25. The summed E-state index contributed by atoms with van der Waals surface area (Å²) < 4.78 is 48.8. The molecule has 0 aliphatic heterocycles. The maximum Gasteiger partial charge on any atom is 0.264 e. The van der Waals surface area contributed by atoms with Crippen molar-refractivity contribution in [2.75, 3.05) is 30.3 Å². The van der Waals surface area contributed by atoms with E-state index in [-0.39, 0.29) is 29.6 Å². The molecule has 3 rings (SSSR count). The van der Waals surface area contributed by atoms with Gasteiger partial charge in [-0.1, -0.05) is 44.5 Å². The zero-order valence-corrected chi connectivity index (χ0v) is 26.7. The van der Waals surface area contributed by atoms with Crippen LogP contribution in [0.15, 0.2) is 82.6 Å². The molecule has 0 aliphatic rings. The van der Waals surface area contributed by atoms with Crippen molar-refractivity contribution in [3.63, 3.8) is 0 Å². The highest BCUT2D eigenvalue weighted by Crippen LogP contribution is 2.33. The molecule has 0 fully saturated rings. The third-order valence-electron chi connectivity index (χ3n) is 6.84. The maximum absolute atomic E-state index is 14.2. The predicted molar refractivity (Wildman–Crippen MR) is 169 cm³/mol. The van der Waals surface area contributed by atoms with E-state index >= 15 is 0 Å². The molecule has 43 heavy (non-hydrogen) atoms. The summed E-state index contributed by atoms with van der Waals surface area (Å²) >= 11 is 1.48. The Morgan fingerprint density at radius 2 is 1.65 bits per heavy atom. The lowest BCUT2D eigenvalue weighted by Crippen LogP contribution is -2.52. The second-order valence-electron chi connectivity index (χ2n) is 9.80. The highest BCUT2D eigenvalue weighted by atomic mass is 32.2. The minimum absolute atomic E-state index is 0.0117. The Morgan fingerprint density at radius 1 is 0.977 bits per heavy atom. The number of benzene rings is 3. The van der Waals surface area contributed by atoms with E-state index in [1.165, 1.54) is 40.9 Å². The van der Waals surface area contributed by atoms with E-state index in [9.17, 15) is 22.4 Å². The Bertz CT molecular complexity index is 1450. The van der Waals surface area contributed by atoms with Gasteiger partial charge in [-0.3, -0.25) is 13.9 Å². The summed E-state index contributed by atoms with van der Waals surface area (Å²) in [6, 6.07) is 17.9. The van der Waals surface area contributed by atoms with Gasteiger partial charge in [0.05, 0.1) is 17.2 Å². The summed E-state index contributed by atoms with van der Waals surface area (Å²) in [4.78, 5) is 29.8. The number of hydrogen-bond acceptors (Lipinski definition) is 6. The van der Waals surface area contributed by atoms with Gasteiger partial charge in [0.1, 0.15) is 24.2 Å². The van der Waals surface area contributed by atoms with E-state index in [1.54, 1.807) is 62.4 Å². The van der Waals surface area contributed by atoms with Crippen LogP contribution >= 0.6 is 11.8 Å². The molecule has 0 radical (unpaired) electrons. The Balaban J connectivity index is 2.08. The van der Waals surface area contributed by atoms with Gasteiger partial charge in [-0.2, -0.15) is 0 Å². The molecule has 0 bridgehead atoms. The monoisotopic (exact) mass is 629 g/mol. The average Bonchev–Trinajstić information content (AvgIpc) is 3.01. The highest BCUT2D eigenvalue weighted by molar-refractivity contribution is 7.98. The lowest BCUT2D eigenvalue weighted by atomic mass is 10.1. The molecule has 0 saturated carbocycles. The van der Waals surface area contributed by atoms with E-state index in [4.69, 9.17) is 4.74 Å². The molecule has 0 heterocycles. The zero-order chi connectivity index (χ0) is 31.4. The van der Waals surface area contributed by atoms with Crippen LogP contribution in [0, 0.1) is 5.82 Å². The average molecular weight is 630 g/mol. The molecule has 11 heteroatoms. The topological polar surface area (TPSA) is 96.0 Å². The fraction of sp³-hybridized carbons (Fsp3) is 0.375. The summed E-state index contributed by atoms with van der Waals surface area (Å²) in [6.07, 6.45) is 3.86. The Hall–Kier alpha value is -3.57. The van der Waals surface area contributed by atoms with Gasteiger partial charge in [-0.05, 0) is 80.1 Å². The molecule has 0 saturated heterocycles. The molecule has 1 N–H and O–H groups in total. The lowest BCUT2D eigenvalue weighted by molar-refractivity contribution is -0.140. The molecule has 0 unspecified atom stereocenters. The largest absolute Gasteiger partial charge is 0.492 e. The highest BCUT2D eigenvalue weighted by Gasteiger charge is 2.34. The van der Waals surface area contributed by atoms with E-state index in [2.05, 4.69) is 5.32 Å². The van der Waals surface area contributed by atoms with Crippen LogP contribution in [0.5, 0.6) is 5.75 Å². The number of hydrogen-bond donors (Lipinski definition) is 1. The number of unbranched alkanes of at least 4 members (excludes halogenated alkanes) is 1. The van der Waals surface area contributed by atoms with Crippen molar-refractivity contribution >= 4 is 39.3 Å². The molecule has 1 atom stereocenters. The molecular formula is C32H40FN3O5S2. The zero-order valence-electron chi connectivity index (χ0n) is 25.1. The summed E-state index contributed by atoms with van der Waals surface area (Å²) in [5, 5.41) is 2.90. The molecule has 2 amide bonds. The first-order valence-corrected chi connectivity index (χ1v) is 17.0. The number of rotatable bonds is 16. The molecule has 0 spiro atoms. The SMILES string of the molecule is CCCCNC(=O)[C@H](CC)N(Cc1ccc(F)cc1)C(=O)CN(c1ccccc1OCC)S(=O)(=O)c1ccc(SC)cc1. The van der Waals surface area contributed by atoms with Crippen molar-refractivity contribution in [2.24, 2.45) is 0 Å². The smallest absolute Gasteiger partial charge is 0.264 e. The van der Waals surface area contributed by atoms with Crippen LogP contribution in [0.2, 0.25) is 0 Å². The molecule has 0 aromatic heterocycles. The minimum Gasteiger partial charge on any atom is -0.492 e. The van der Waals surface area contributed by atoms with Gasteiger partial charge in [-0.15, -0.1) is 11.8 Å². The van der Waals surface area contributed by atoms with Crippen LogP contribution < -0.4 is 14.4 Å². The number of carbonyl (C=O) groups excluding carboxylic acids is 2. The first kappa shape index (κ1) is 33.9. The van der Waals surface area contributed by atoms with Gasteiger partial charge >= 0.3 is 0 Å². The van der Waals surface area contributed by atoms with Crippen molar-refractivity contribution in [1.82, 2.24) is 10.2 Å². The van der Waals surface area contributed by atoms with Gasteiger partial charge < -0.3 is 15.0 Å². The van der Waals surface area contributed by atoms with Crippen LogP contribution in [0.25, 0.3) is 0 Å². The van der Waals surface area contributed by atoms with E-state index in [1.807, 2.05) is 13.2 Å². The number of nitrogens with zero attached hydrogens (tertiary/aromatic N) is 2. The van der Waals surface area contributed by atoms with Crippen LogP contribution in [-0.4, -0.2) is 57.1 Å². The third-order valence-corrected chi connectivity index (χ3v) is 9.36. The van der Waals surface area contributed by atoms with Crippen molar-refractivity contribution in [3.8, 4) is 5.75 Å². The van der Waals surface area contributed by atoms with E-state index in [0.717, 1.165) is 22.0 Å². The van der Waals surface area contributed by atoms with Gasteiger partial charge in [0, 0.05) is 18.0 Å². The quantitative estimate of drug-likeness (QED) is 0.157. The maximum atomic E-state index is 14.2. The second kappa shape index (κ2) is 16.3. The van der Waals surface area contributed by atoms with Crippen molar-refractivity contribution in [3.05, 3.63) is 84.2 Å². The molecule has 3 aromatic rings. The van der Waals surface area contributed by atoms with Crippen molar-refractivity contribution in [2.45, 2.75) is 62.4 Å². The normalized spacial score (nSPS) is 11.9. The van der Waals surface area contributed by atoms with Gasteiger partial charge in [0.15, 0.2) is 0 Å². The van der Waals surface area contributed by atoms with E-state index < -0.39 is 34.3 Å². The first-order chi connectivity index (χ1) is 20.7. The standard InChI is InChI=1S/C32H40FN3O5S2/c1-5-8-21-34-32(38)28(6-2)35(22-24-13-15-25(33)16-14-24)31(37)23-36(29-11-9-10-12-30(29)41-7-3)43(39,40)27-19-17-26(42-4)18-20-27/h9-20,28H,5-8,21-23H2,1-4H3,(H,34,38)/t28-/m0/s1. The number of ether oxygens (including phenoxy) is 1. The number of sulfonamides is 1. The third kappa shape index (κ3) is 8.96. The minimum atomic E-state index is -4.25. The number of anilines is 1. The number of halogens is 1. The Labute approximate surface area is 258 Å². The molecule has 0 aliphatic carbocycles. The number of nitrogens with one attached hydrogen (secondary N) is 1. The summed E-state index contributed by atoms with van der Waals surface area (Å²) in [5.41, 5.74) is 0.806.